The standard InChI is InChI=1S/C16H23NO/c1-3-14(13-6-9-18-10-7-13)11-15(4-1)16-5-2-8-17-12-16/h1,3-4,11,13,16-17H,2,5-10,12H2. The molecule has 0 aliphatic carbocycles. The molecule has 0 aromatic heterocycles. The maximum atomic E-state index is 5.46. The van der Waals surface area contributed by atoms with Gasteiger partial charge in [0.2, 0.25) is 0 Å². The molecule has 0 radical (unpaired) electrons. The summed E-state index contributed by atoms with van der Waals surface area (Å²) in [5.74, 6) is 1.44. The lowest BCUT2D eigenvalue weighted by molar-refractivity contribution is 0.0853. The summed E-state index contributed by atoms with van der Waals surface area (Å²) in [6.45, 7) is 4.20. The lowest BCUT2D eigenvalue weighted by atomic mass is 9.86. The van der Waals surface area contributed by atoms with E-state index in [2.05, 4.69) is 29.6 Å². The van der Waals surface area contributed by atoms with Crippen molar-refractivity contribution >= 4 is 0 Å². The summed E-state index contributed by atoms with van der Waals surface area (Å²) in [5, 5.41) is 3.51. The van der Waals surface area contributed by atoms with Crippen molar-refractivity contribution < 1.29 is 4.74 Å². The largest absolute Gasteiger partial charge is 0.381 e. The van der Waals surface area contributed by atoms with E-state index in [0.717, 1.165) is 31.6 Å². The Labute approximate surface area is 110 Å². The Morgan fingerprint density at radius 3 is 2.50 bits per heavy atom. The fourth-order valence-corrected chi connectivity index (χ4v) is 3.23. The van der Waals surface area contributed by atoms with Crippen LogP contribution in [0.5, 0.6) is 0 Å². The second kappa shape index (κ2) is 5.85. The number of nitrogens with one attached hydrogen (secondary N) is 1. The molecule has 2 nitrogen and oxygen atoms in total. The summed E-state index contributed by atoms with van der Waals surface area (Å²) in [4.78, 5) is 0. The Kier molecular flexibility index (Phi) is 3.96. The molecular formula is C16H23NO. The third-order valence-electron chi connectivity index (χ3n) is 4.37. The normalized spacial score (nSPS) is 26.1. The first-order chi connectivity index (χ1) is 8.93. The molecule has 1 aromatic carbocycles. The van der Waals surface area contributed by atoms with Crippen molar-refractivity contribution in [2.45, 2.75) is 37.5 Å². The summed E-state index contributed by atoms with van der Waals surface area (Å²) >= 11 is 0. The highest BCUT2D eigenvalue weighted by Crippen LogP contribution is 2.30. The van der Waals surface area contributed by atoms with Crippen LogP contribution in [0.3, 0.4) is 0 Å². The van der Waals surface area contributed by atoms with Gasteiger partial charge in [-0.3, -0.25) is 0 Å². The van der Waals surface area contributed by atoms with Crippen LogP contribution in [-0.2, 0) is 4.74 Å². The molecule has 2 aliphatic heterocycles. The lowest BCUT2D eigenvalue weighted by Crippen LogP contribution is -2.28. The molecule has 1 aromatic rings. The highest BCUT2D eigenvalue weighted by atomic mass is 16.5. The quantitative estimate of drug-likeness (QED) is 0.864. The fraction of sp³-hybridized carbons (Fsp3) is 0.625. The summed E-state index contributed by atoms with van der Waals surface area (Å²) in [6.07, 6.45) is 5.02. The van der Waals surface area contributed by atoms with E-state index in [1.54, 1.807) is 0 Å². The van der Waals surface area contributed by atoms with Crippen LogP contribution in [0.2, 0.25) is 0 Å². The van der Waals surface area contributed by atoms with Gasteiger partial charge < -0.3 is 10.1 Å². The monoisotopic (exact) mass is 245 g/mol. The van der Waals surface area contributed by atoms with E-state index >= 15 is 0 Å². The van der Waals surface area contributed by atoms with Crippen LogP contribution < -0.4 is 5.32 Å². The number of rotatable bonds is 2. The molecule has 3 rings (SSSR count). The Hall–Kier alpha value is -0.860. The summed E-state index contributed by atoms with van der Waals surface area (Å²) in [5.41, 5.74) is 3.06. The topological polar surface area (TPSA) is 21.3 Å². The van der Waals surface area contributed by atoms with Gasteiger partial charge in [0.15, 0.2) is 0 Å². The molecule has 0 bridgehead atoms. The third-order valence-corrected chi connectivity index (χ3v) is 4.37. The zero-order valence-corrected chi connectivity index (χ0v) is 11.0. The zero-order chi connectivity index (χ0) is 12.2. The minimum absolute atomic E-state index is 0.718. The van der Waals surface area contributed by atoms with Gasteiger partial charge >= 0.3 is 0 Å². The molecule has 0 amide bonds. The van der Waals surface area contributed by atoms with Crippen molar-refractivity contribution in [3.05, 3.63) is 35.4 Å². The molecule has 1 N–H and O–H groups in total. The van der Waals surface area contributed by atoms with Crippen LogP contribution in [-0.4, -0.2) is 26.3 Å². The van der Waals surface area contributed by atoms with Crippen molar-refractivity contribution in [2.75, 3.05) is 26.3 Å². The number of piperidine rings is 1. The summed E-state index contributed by atoms with van der Waals surface area (Å²) in [6, 6.07) is 9.30. The van der Waals surface area contributed by atoms with Gasteiger partial charge in [-0.15, -0.1) is 0 Å². The van der Waals surface area contributed by atoms with Crippen LogP contribution in [0.1, 0.15) is 48.6 Å². The Morgan fingerprint density at radius 1 is 1.00 bits per heavy atom. The van der Waals surface area contributed by atoms with E-state index in [-0.39, 0.29) is 0 Å². The van der Waals surface area contributed by atoms with Gasteiger partial charge in [0.25, 0.3) is 0 Å². The predicted molar refractivity (Wildman–Crippen MR) is 74.1 cm³/mol. The molecule has 2 saturated heterocycles. The smallest absolute Gasteiger partial charge is 0.0471 e. The van der Waals surface area contributed by atoms with E-state index in [1.807, 2.05) is 0 Å². The van der Waals surface area contributed by atoms with E-state index in [1.165, 1.54) is 43.4 Å². The minimum atomic E-state index is 0.718. The lowest BCUT2D eigenvalue weighted by Gasteiger charge is -2.26. The van der Waals surface area contributed by atoms with Crippen molar-refractivity contribution in [3.8, 4) is 0 Å². The Bertz CT molecular complexity index is 345. The van der Waals surface area contributed by atoms with Crippen molar-refractivity contribution in [3.63, 3.8) is 0 Å². The first-order valence-corrected chi connectivity index (χ1v) is 7.32. The van der Waals surface area contributed by atoms with Crippen molar-refractivity contribution in [2.24, 2.45) is 0 Å². The van der Waals surface area contributed by atoms with Gasteiger partial charge in [0, 0.05) is 19.8 Å². The van der Waals surface area contributed by atoms with Gasteiger partial charge in [0.05, 0.1) is 0 Å². The van der Waals surface area contributed by atoms with Crippen molar-refractivity contribution in [1.82, 2.24) is 5.32 Å². The van der Waals surface area contributed by atoms with Gasteiger partial charge in [-0.1, -0.05) is 24.3 Å². The molecule has 2 heteroatoms. The van der Waals surface area contributed by atoms with E-state index < -0.39 is 0 Å². The highest BCUT2D eigenvalue weighted by molar-refractivity contribution is 5.29. The van der Waals surface area contributed by atoms with E-state index in [4.69, 9.17) is 4.74 Å². The number of benzene rings is 1. The molecule has 1 atom stereocenters. The molecule has 2 heterocycles. The fourth-order valence-electron chi connectivity index (χ4n) is 3.23. The van der Waals surface area contributed by atoms with Gasteiger partial charge in [-0.25, -0.2) is 0 Å². The Morgan fingerprint density at radius 2 is 1.78 bits per heavy atom. The number of hydrogen-bond acceptors (Lipinski definition) is 2. The molecule has 98 valence electrons. The van der Waals surface area contributed by atoms with E-state index in [0.29, 0.717) is 0 Å². The van der Waals surface area contributed by atoms with Gasteiger partial charge in [-0.05, 0) is 55.2 Å². The first-order valence-electron chi connectivity index (χ1n) is 7.32. The van der Waals surface area contributed by atoms with Gasteiger partial charge in [-0.2, -0.15) is 0 Å². The van der Waals surface area contributed by atoms with Crippen LogP contribution in [0.25, 0.3) is 0 Å². The average molecular weight is 245 g/mol. The van der Waals surface area contributed by atoms with E-state index in [9.17, 15) is 0 Å². The zero-order valence-electron chi connectivity index (χ0n) is 11.0. The number of hydrogen-bond donors (Lipinski definition) is 1. The number of ether oxygens (including phenoxy) is 1. The highest BCUT2D eigenvalue weighted by Gasteiger charge is 2.19. The molecule has 0 saturated carbocycles. The predicted octanol–water partition coefficient (Wildman–Crippen LogP) is 3.05. The molecule has 1 unspecified atom stereocenters. The second-order valence-electron chi connectivity index (χ2n) is 5.60. The summed E-state index contributed by atoms with van der Waals surface area (Å²) in [7, 11) is 0. The first kappa shape index (κ1) is 12.2. The molecule has 2 fully saturated rings. The van der Waals surface area contributed by atoms with Gasteiger partial charge in [0.1, 0.15) is 0 Å². The van der Waals surface area contributed by atoms with Crippen LogP contribution in [0.4, 0.5) is 0 Å². The molecule has 2 aliphatic rings. The SMILES string of the molecule is c1cc(C2CCOCC2)cc(C2CCCNC2)c1. The van der Waals surface area contributed by atoms with Crippen LogP contribution in [0.15, 0.2) is 24.3 Å². The maximum absolute atomic E-state index is 5.46. The van der Waals surface area contributed by atoms with Crippen molar-refractivity contribution in [1.29, 1.82) is 0 Å². The van der Waals surface area contributed by atoms with Crippen LogP contribution in [0, 0.1) is 0 Å². The molecule has 0 spiro atoms. The van der Waals surface area contributed by atoms with Crippen LogP contribution >= 0.6 is 0 Å². The minimum Gasteiger partial charge on any atom is -0.381 e. The summed E-state index contributed by atoms with van der Waals surface area (Å²) < 4.78 is 5.46. The Balaban J connectivity index is 1.75. The maximum Gasteiger partial charge on any atom is 0.0471 e. The molecular weight excluding hydrogens is 222 g/mol. The average Bonchev–Trinajstić information content (AvgIpc) is 2.49. The third kappa shape index (κ3) is 2.76. The molecule has 18 heavy (non-hydrogen) atoms. The second-order valence-corrected chi connectivity index (χ2v) is 5.60.